The summed E-state index contributed by atoms with van der Waals surface area (Å²) in [7, 11) is 0. The molecule has 1 unspecified atom stereocenters. The Morgan fingerprint density at radius 3 is 2.56 bits per heavy atom. The zero-order valence-electron chi connectivity index (χ0n) is 17.6. The van der Waals surface area contributed by atoms with Gasteiger partial charge in [0.05, 0.1) is 22.0 Å². The molecule has 0 aliphatic carbocycles. The molecule has 1 aliphatic heterocycles. The number of hydrogen-bond donors (Lipinski definition) is 2. The maximum Gasteiger partial charge on any atom is 0.272 e. The Bertz CT molecular complexity index is 1230. The summed E-state index contributed by atoms with van der Waals surface area (Å²) in [5.41, 5.74) is 2.60. The van der Waals surface area contributed by atoms with Crippen molar-refractivity contribution in [1.29, 1.82) is 0 Å². The Hall–Kier alpha value is -3.04. The molecule has 0 spiro atoms. The van der Waals surface area contributed by atoms with Crippen molar-refractivity contribution >= 4 is 46.7 Å². The van der Waals surface area contributed by atoms with E-state index in [-0.39, 0.29) is 23.1 Å². The van der Waals surface area contributed by atoms with Crippen LogP contribution in [0.2, 0.25) is 0 Å². The average molecular weight is 467 g/mol. The molecule has 3 aromatic rings. The van der Waals surface area contributed by atoms with Crippen LogP contribution in [0.3, 0.4) is 0 Å². The quantitative estimate of drug-likeness (QED) is 0.422. The lowest BCUT2D eigenvalue weighted by Crippen LogP contribution is -2.24. The van der Waals surface area contributed by atoms with Gasteiger partial charge in [-0.3, -0.25) is 19.0 Å². The molecule has 0 saturated carbocycles. The summed E-state index contributed by atoms with van der Waals surface area (Å²) in [5.74, 6) is -0.323. The smallest absolute Gasteiger partial charge is 0.272 e. The van der Waals surface area contributed by atoms with E-state index in [0.29, 0.717) is 26.7 Å². The number of amides is 2. The van der Waals surface area contributed by atoms with E-state index in [4.69, 9.17) is 4.98 Å². The molecule has 2 heterocycles. The molecule has 0 radical (unpaired) electrons. The highest BCUT2D eigenvalue weighted by Crippen LogP contribution is 2.34. The van der Waals surface area contributed by atoms with Gasteiger partial charge in [-0.05, 0) is 30.3 Å². The SMILES string of the molecule is CC(=O)Nc1cccc(NC(=O)CSc2nc3c(c(=O)n2-c2ccccc2)SC(C)C3)c1. The molecule has 0 bridgehead atoms. The average Bonchev–Trinajstić information content (AvgIpc) is 3.13. The van der Waals surface area contributed by atoms with Gasteiger partial charge in [0.2, 0.25) is 11.8 Å². The van der Waals surface area contributed by atoms with Crippen LogP contribution in [0.1, 0.15) is 19.5 Å². The van der Waals surface area contributed by atoms with Gasteiger partial charge >= 0.3 is 0 Å². The van der Waals surface area contributed by atoms with Crippen LogP contribution < -0.4 is 16.2 Å². The Morgan fingerprint density at radius 2 is 1.84 bits per heavy atom. The molecule has 164 valence electrons. The standard InChI is InChI=1S/C23H22N4O3S2/c1-14-11-19-21(32-14)22(30)27(18-9-4-3-5-10-18)23(26-19)31-13-20(29)25-17-8-6-7-16(12-17)24-15(2)28/h3-10,12,14H,11,13H2,1-2H3,(H,24,28)(H,25,29). The summed E-state index contributed by atoms with van der Waals surface area (Å²) < 4.78 is 1.58. The fourth-order valence-corrected chi connectivity index (χ4v) is 5.33. The molecule has 1 aliphatic rings. The first-order chi connectivity index (χ1) is 15.4. The molecular formula is C23H22N4O3S2. The van der Waals surface area contributed by atoms with E-state index >= 15 is 0 Å². The van der Waals surface area contributed by atoms with Crippen molar-refractivity contribution in [1.82, 2.24) is 9.55 Å². The normalized spacial score (nSPS) is 14.6. The van der Waals surface area contributed by atoms with Crippen LogP contribution in [0.25, 0.3) is 5.69 Å². The van der Waals surface area contributed by atoms with E-state index in [2.05, 4.69) is 17.6 Å². The van der Waals surface area contributed by atoms with Crippen molar-refractivity contribution in [3.63, 3.8) is 0 Å². The van der Waals surface area contributed by atoms with Crippen LogP contribution in [-0.4, -0.2) is 32.4 Å². The molecular weight excluding hydrogens is 444 g/mol. The molecule has 2 aromatic carbocycles. The van der Waals surface area contributed by atoms with E-state index in [9.17, 15) is 14.4 Å². The van der Waals surface area contributed by atoms with Crippen LogP contribution in [-0.2, 0) is 16.0 Å². The molecule has 1 atom stereocenters. The molecule has 2 N–H and O–H groups in total. The van der Waals surface area contributed by atoms with Gasteiger partial charge in [-0.1, -0.05) is 43.0 Å². The van der Waals surface area contributed by atoms with Crippen LogP contribution in [0.15, 0.2) is 69.4 Å². The van der Waals surface area contributed by atoms with Gasteiger partial charge in [0.15, 0.2) is 5.16 Å². The van der Waals surface area contributed by atoms with Crippen molar-refractivity contribution in [2.75, 3.05) is 16.4 Å². The first-order valence-corrected chi connectivity index (χ1v) is 12.0. The summed E-state index contributed by atoms with van der Waals surface area (Å²) in [6.45, 7) is 3.50. The minimum Gasteiger partial charge on any atom is -0.326 e. The molecule has 0 saturated heterocycles. The van der Waals surface area contributed by atoms with Crippen molar-refractivity contribution < 1.29 is 9.59 Å². The van der Waals surface area contributed by atoms with Crippen molar-refractivity contribution in [3.05, 3.63) is 70.6 Å². The fourth-order valence-electron chi connectivity index (χ4n) is 3.41. The van der Waals surface area contributed by atoms with Gasteiger partial charge < -0.3 is 10.6 Å². The maximum atomic E-state index is 13.2. The molecule has 32 heavy (non-hydrogen) atoms. The van der Waals surface area contributed by atoms with Gasteiger partial charge in [0.25, 0.3) is 5.56 Å². The lowest BCUT2D eigenvalue weighted by molar-refractivity contribution is -0.114. The van der Waals surface area contributed by atoms with Gasteiger partial charge in [-0.15, -0.1) is 11.8 Å². The topological polar surface area (TPSA) is 93.1 Å². The number of para-hydroxylation sites is 1. The number of anilines is 2. The highest BCUT2D eigenvalue weighted by atomic mass is 32.2. The summed E-state index contributed by atoms with van der Waals surface area (Å²) in [4.78, 5) is 42.5. The first-order valence-electron chi connectivity index (χ1n) is 10.1. The Kier molecular flexibility index (Phi) is 6.66. The highest BCUT2D eigenvalue weighted by Gasteiger charge is 2.27. The van der Waals surface area contributed by atoms with Crippen LogP contribution >= 0.6 is 23.5 Å². The van der Waals surface area contributed by atoms with Gasteiger partial charge in [0.1, 0.15) is 0 Å². The number of nitrogens with one attached hydrogen (secondary N) is 2. The summed E-state index contributed by atoms with van der Waals surface area (Å²) in [6, 6.07) is 16.3. The predicted molar refractivity (Wildman–Crippen MR) is 129 cm³/mol. The molecule has 1 aromatic heterocycles. The lowest BCUT2D eigenvalue weighted by atomic mass is 10.2. The fraction of sp³-hybridized carbons (Fsp3) is 0.217. The molecule has 7 nitrogen and oxygen atoms in total. The van der Waals surface area contributed by atoms with Crippen LogP contribution in [0.4, 0.5) is 11.4 Å². The van der Waals surface area contributed by atoms with E-state index in [1.165, 1.54) is 18.7 Å². The third-order valence-corrected chi connectivity index (χ3v) is 6.85. The lowest BCUT2D eigenvalue weighted by Gasteiger charge is -2.13. The Labute approximate surface area is 194 Å². The molecule has 9 heteroatoms. The van der Waals surface area contributed by atoms with E-state index in [0.717, 1.165) is 17.8 Å². The second kappa shape index (κ2) is 9.62. The van der Waals surface area contributed by atoms with Crippen molar-refractivity contribution in [2.24, 2.45) is 0 Å². The van der Waals surface area contributed by atoms with Gasteiger partial charge in [-0.2, -0.15) is 0 Å². The zero-order chi connectivity index (χ0) is 22.7. The number of fused-ring (bicyclic) bond motifs is 1. The maximum absolute atomic E-state index is 13.2. The number of hydrogen-bond acceptors (Lipinski definition) is 6. The largest absolute Gasteiger partial charge is 0.326 e. The van der Waals surface area contributed by atoms with Crippen LogP contribution in [0, 0.1) is 0 Å². The number of nitrogens with zero attached hydrogens (tertiary/aromatic N) is 2. The summed E-state index contributed by atoms with van der Waals surface area (Å²) >= 11 is 2.78. The van der Waals surface area contributed by atoms with Gasteiger partial charge in [0, 0.05) is 30.0 Å². The van der Waals surface area contributed by atoms with E-state index in [1.54, 1.807) is 40.6 Å². The minimum atomic E-state index is -0.230. The van der Waals surface area contributed by atoms with E-state index in [1.807, 2.05) is 30.3 Å². The third-order valence-electron chi connectivity index (χ3n) is 4.69. The first kappa shape index (κ1) is 22.2. The third kappa shape index (κ3) is 5.05. The number of rotatable bonds is 6. The number of carbonyl (C=O) groups is 2. The minimum absolute atomic E-state index is 0.0884. The van der Waals surface area contributed by atoms with Gasteiger partial charge in [-0.25, -0.2) is 4.98 Å². The Morgan fingerprint density at radius 1 is 1.12 bits per heavy atom. The Balaban J connectivity index is 1.55. The molecule has 0 fully saturated rings. The number of benzene rings is 2. The molecule has 4 rings (SSSR count). The summed E-state index contributed by atoms with van der Waals surface area (Å²) in [5, 5.41) is 6.32. The van der Waals surface area contributed by atoms with Crippen LogP contribution in [0.5, 0.6) is 0 Å². The monoisotopic (exact) mass is 466 g/mol. The second-order valence-corrected chi connectivity index (χ2v) is 9.77. The predicted octanol–water partition coefficient (Wildman–Crippen LogP) is 3.96. The zero-order valence-corrected chi connectivity index (χ0v) is 19.3. The molecule has 2 amide bonds. The van der Waals surface area contributed by atoms with E-state index < -0.39 is 0 Å². The van der Waals surface area contributed by atoms with Crippen molar-refractivity contribution in [2.45, 2.75) is 35.6 Å². The second-order valence-electron chi connectivity index (χ2n) is 7.38. The summed E-state index contributed by atoms with van der Waals surface area (Å²) in [6.07, 6.45) is 0.737. The number of aromatic nitrogens is 2. The number of thioether (sulfide) groups is 2. The van der Waals surface area contributed by atoms with Crippen molar-refractivity contribution in [3.8, 4) is 5.69 Å². The highest BCUT2D eigenvalue weighted by molar-refractivity contribution is 8.00. The number of carbonyl (C=O) groups excluding carboxylic acids is 2.